The second-order valence-electron chi connectivity index (χ2n) is 4.82. The highest BCUT2D eigenvalue weighted by Crippen LogP contribution is 2.32. The van der Waals surface area contributed by atoms with Gasteiger partial charge in [-0.25, -0.2) is 0 Å². The smallest absolute Gasteiger partial charge is 0.231 e. The number of hydrogen-bond donors (Lipinski definition) is 0. The van der Waals surface area contributed by atoms with E-state index in [-0.39, 0.29) is 36.0 Å². The van der Waals surface area contributed by atoms with Crippen molar-refractivity contribution in [3.63, 3.8) is 0 Å². The third-order valence-electron chi connectivity index (χ3n) is 3.19. The van der Waals surface area contributed by atoms with E-state index >= 15 is 0 Å². The zero-order valence-electron chi connectivity index (χ0n) is 11.5. The van der Waals surface area contributed by atoms with Crippen LogP contribution >= 0.6 is 11.8 Å². The molecular formula is C15H14O5S. The Morgan fingerprint density at radius 1 is 1.38 bits per heavy atom. The summed E-state index contributed by atoms with van der Waals surface area (Å²) in [5.74, 6) is 1.88. The van der Waals surface area contributed by atoms with Gasteiger partial charge in [-0.15, -0.1) is 0 Å². The van der Waals surface area contributed by atoms with Crippen molar-refractivity contribution in [2.45, 2.75) is 18.6 Å². The van der Waals surface area contributed by atoms with Gasteiger partial charge < -0.3 is 14.2 Å². The highest BCUT2D eigenvalue weighted by atomic mass is 32.2. The largest absolute Gasteiger partial charge is 0.489 e. The van der Waals surface area contributed by atoms with E-state index in [0.717, 1.165) is 5.56 Å². The second-order valence-corrected chi connectivity index (χ2v) is 6.16. The van der Waals surface area contributed by atoms with Gasteiger partial charge in [-0.3, -0.25) is 9.59 Å². The number of ketones is 1. The summed E-state index contributed by atoms with van der Waals surface area (Å²) in [5.41, 5.74) is 0.853. The number of rotatable bonds is 5. The summed E-state index contributed by atoms with van der Waals surface area (Å²) in [6, 6.07) is 5.43. The van der Waals surface area contributed by atoms with Gasteiger partial charge in [0.2, 0.25) is 11.9 Å². The van der Waals surface area contributed by atoms with Crippen molar-refractivity contribution in [2.75, 3.05) is 13.4 Å². The second kappa shape index (κ2) is 5.81. The molecule has 0 aromatic heterocycles. The van der Waals surface area contributed by atoms with Gasteiger partial charge in [-0.2, -0.15) is 0 Å². The molecule has 0 fully saturated rings. The highest BCUT2D eigenvalue weighted by molar-refractivity contribution is 8.15. The number of Topliss-reactive ketones (excluding diaryl/α,β-unsaturated/α-hetero) is 1. The average Bonchev–Trinajstić information content (AvgIpc) is 3.02. The highest BCUT2D eigenvalue weighted by Gasteiger charge is 2.23. The Morgan fingerprint density at radius 3 is 2.95 bits per heavy atom. The van der Waals surface area contributed by atoms with Gasteiger partial charge in [0.1, 0.15) is 12.4 Å². The van der Waals surface area contributed by atoms with E-state index in [9.17, 15) is 9.59 Å². The zero-order chi connectivity index (χ0) is 14.8. The molecule has 1 atom stereocenters. The number of hydrogen-bond acceptors (Lipinski definition) is 6. The lowest BCUT2D eigenvalue weighted by molar-refractivity contribution is -0.121. The summed E-state index contributed by atoms with van der Waals surface area (Å²) in [6.45, 7) is 2.07. The van der Waals surface area contributed by atoms with E-state index in [0.29, 0.717) is 17.3 Å². The Hall–Kier alpha value is -1.95. The normalized spacial score (nSPS) is 19.6. The molecule has 1 aromatic rings. The molecule has 0 radical (unpaired) electrons. The first-order chi connectivity index (χ1) is 10.1. The standard InChI is InChI=1S/C15H14O5S/c1-9-13(6-15(17)21-9)18-7-11(16)4-10-2-3-12-14(5-10)20-8-19-12/h2-3,5-6,9H,4,7-8H2,1H3. The fraction of sp³-hybridized carbons (Fsp3) is 0.333. The summed E-state index contributed by atoms with van der Waals surface area (Å²) >= 11 is 1.20. The summed E-state index contributed by atoms with van der Waals surface area (Å²) in [7, 11) is 0. The number of ether oxygens (including phenoxy) is 3. The van der Waals surface area contributed by atoms with Gasteiger partial charge >= 0.3 is 0 Å². The van der Waals surface area contributed by atoms with E-state index < -0.39 is 0 Å². The van der Waals surface area contributed by atoms with Gasteiger partial charge in [0.25, 0.3) is 0 Å². The number of fused-ring (bicyclic) bond motifs is 1. The van der Waals surface area contributed by atoms with Crippen LogP contribution in [-0.2, 0) is 20.7 Å². The third kappa shape index (κ3) is 3.21. The topological polar surface area (TPSA) is 61.8 Å². The van der Waals surface area contributed by atoms with Crippen LogP contribution in [0, 0.1) is 0 Å². The first kappa shape index (κ1) is 14.0. The number of carbonyl (C=O) groups is 2. The van der Waals surface area contributed by atoms with Crippen molar-refractivity contribution < 1.29 is 23.8 Å². The molecule has 0 aliphatic carbocycles. The lowest BCUT2D eigenvalue weighted by atomic mass is 10.1. The minimum absolute atomic E-state index is 0.0177. The van der Waals surface area contributed by atoms with Crippen molar-refractivity contribution in [3.8, 4) is 11.5 Å². The monoisotopic (exact) mass is 306 g/mol. The molecule has 0 bridgehead atoms. The van der Waals surface area contributed by atoms with E-state index in [2.05, 4.69) is 0 Å². The number of thioether (sulfide) groups is 1. The summed E-state index contributed by atoms with van der Waals surface area (Å²) in [6.07, 6.45) is 1.71. The van der Waals surface area contributed by atoms with Crippen molar-refractivity contribution in [2.24, 2.45) is 0 Å². The first-order valence-electron chi connectivity index (χ1n) is 6.57. The average molecular weight is 306 g/mol. The maximum Gasteiger partial charge on any atom is 0.231 e. The summed E-state index contributed by atoms with van der Waals surface area (Å²) in [4.78, 5) is 23.1. The molecular weight excluding hydrogens is 292 g/mol. The van der Waals surface area contributed by atoms with Crippen LogP contribution in [0.4, 0.5) is 0 Å². The molecule has 1 unspecified atom stereocenters. The molecule has 2 heterocycles. The molecule has 6 heteroatoms. The molecule has 21 heavy (non-hydrogen) atoms. The molecule has 1 aromatic carbocycles. The zero-order valence-corrected chi connectivity index (χ0v) is 12.3. The Bertz CT molecular complexity index is 622. The Labute approximate surface area is 126 Å². The van der Waals surface area contributed by atoms with Crippen LogP contribution in [0.5, 0.6) is 11.5 Å². The molecule has 0 saturated carbocycles. The van der Waals surface area contributed by atoms with Crippen LogP contribution in [0.3, 0.4) is 0 Å². The maximum atomic E-state index is 11.9. The minimum atomic E-state index is -0.0497. The lowest BCUT2D eigenvalue weighted by Gasteiger charge is -2.10. The van der Waals surface area contributed by atoms with E-state index in [1.165, 1.54) is 17.8 Å². The molecule has 2 aliphatic rings. The first-order valence-corrected chi connectivity index (χ1v) is 7.45. The Kier molecular flexibility index (Phi) is 3.88. The SMILES string of the molecule is CC1SC(=O)C=C1OCC(=O)Cc1ccc2c(c1)OCO2. The van der Waals surface area contributed by atoms with Gasteiger partial charge in [0, 0.05) is 12.5 Å². The fourth-order valence-electron chi connectivity index (χ4n) is 2.15. The predicted molar refractivity (Wildman–Crippen MR) is 77.4 cm³/mol. The van der Waals surface area contributed by atoms with E-state index in [4.69, 9.17) is 14.2 Å². The van der Waals surface area contributed by atoms with Crippen molar-refractivity contribution in [1.82, 2.24) is 0 Å². The van der Waals surface area contributed by atoms with E-state index in [1.54, 1.807) is 12.1 Å². The Morgan fingerprint density at radius 2 is 2.19 bits per heavy atom. The quantitative estimate of drug-likeness (QED) is 0.830. The van der Waals surface area contributed by atoms with Crippen LogP contribution in [-0.4, -0.2) is 29.5 Å². The fourth-order valence-corrected chi connectivity index (χ4v) is 2.94. The van der Waals surface area contributed by atoms with Gasteiger partial charge in [0.05, 0.1) is 5.25 Å². The van der Waals surface area contributed by atoms with Crippen LogP contribution in [0.2, 0.25) is 0 Å². The summed E-state index contributed by atoms with van der Waals surface area (Å²) in [5, 5.41) is -0.0448. The minimum Gasteiger partial charge on any atom is -0.489 e. The van der Waals surface area contributed by atoms with Gasteiger partial charge in [-0.05, 0) is 24.6 Å². The molecule has 3 rings (SSSR count). The van der Waals surface area contributed by atoms with Gasteiger partial charge in [-0.1, -0.05) is 17.8 Å². The van der Waals surface area contributed by atoms with Crippen LogP contribution in [0.1, 0.15) is 12.5 Å². The van der Waals surface area contributed by atoms with Crippen molar-refractivity contribution >= 4 is 22.7 Å². The molecule has 0 spiro atoms. The Balaban J connectivity index is 1.55. The molecule has 0 N–H and O–H groups in total. The molecule has 0 saturated heterocycles. The molecule has 0 amide bonds. The summed E-state index contributed by atoms with van der Waals surface area (Å²) < 4.78 is 15.9. The van der Waals surface area contributed by atoms with Gasteiger partial charge in [0.15, 0.2) is 17.3 Å². The number of carbonyl (C=O) groups excluding carboxylic acids is 2. The predicted octanol–water partition coefficient (Wildman–Crippen LogP) is 2.09. The number of benzene rings is 1. The van der Waals surface area contributed by atoms with E-state index in [1.807, 2.05) is 13.0 Å². The van der Waals surface area contributed by atoms with Crippen LogP contribution in [0.25, 0.3) is 0 Å². The van der Waals surface area contributed by atoms with Crippen LogP contribution < -0.4 is 9.47 Å². The van der Waals surface area contributed by atoms with Crippen molar-refractivity contribution in [3.05, 3.63) is 35.6 Å². The molecule has 5 nitrogen and oxygen atoms in total. The van der Waals surface area contributed by atoms with Crippen LogP contribution in [0.15, 0.2) is 30.0 Å². The maximum absolute atomic E-state index is 11.9. The lowest BCUT2D eigenvalue weighted by Crippen LogP contribution is -2.13. The molecule has 110 valence electrons. The third-order valence-corrected chi connectivity index (χ3v) is 4.13. The molecule has 2 aliphatic heterocycles. The van der Waals surface area contributed by atoms with Crippen molar-refractivity contribution in [1.29, 1.82) is 0 Å².